The second kappa shape index (κ2) is 5.24. The molecule has 0 aliphatic carbocycles. The lowest BCUT2D eigenvalue weighted by Crippen LogP contribution is -2.32. The van der Waals surface area contributed by atoms with E-state index in [-0.39, 0.29) is 30.0 Å². The molecule has 0 spiro atoms. The van der Waals surface area contributed by atoms with Crippen LogP contribution in [0.5, 0.6) is 0 Å². The van der Waals surface area contributed by atoms with Gasteiger partial charge in [-0.05, 0) is 31.9 Å². The third kappa shape index (κ3) is 2.49. The molecule has 1 fully saturated rings. The Bertz CT molecular complexity index is 452. The van der Waals surface area contributed by atoms with E-state index in [1.165, 1.54) is 0 Å². The van der Waals surface area contributed by atoms with Crippen molar-refractivity contribution in [3.8, 4) is 0 Å². The summed E-state index contributed by atoms with van der Waals surface area (Å²) in [5, 5.41) is 3.21. The molecule has 98 valence electrons. The van der Waals surface area contributed by atoms with Crippen LogP contribution in [0.2, 0.25) is 5.02 Å². The molecule has 0 bridgehead atoms. The Morgan fingerprint density at radius 2 is 2.11 bits per heavy atom. The smallest absolute Gasteiger partial charge is 0.231 e. The Morgan fingerprint density at radius 3 is 2.67 bits per heavy atom. The summed E-state index contributed by atoms with van der Waals surface area (Å²) in [6.07, 6.45) is 1.61. The average molecular weight is 269 g/mol. The van der Waals surface area contributed by atoms with E-state index in [2.05, 4.69) is 10.3 Å². The van der Waals surface area contributed by atoms with E-state index in [9.17, 15) is 4.79 Å². The van der Waals surface area contributed by atoms with Crippen molar-refractivity contribution < 1.29 is 9.53 Å². The second-order valence-corrected chi connectivity index (χ2v) is 5.16. The fourth-order valence-electron chi connectivity index (χ4n) is 2.40. The number of hydrogen-bond acceptors (Lipinski definition) is 3. The Kier molecular flexibility index (Phi) is 3.88. The van der Waals surface area contributed by atoms with Crippen LogP contribution >= 0.6 is 11.6 Å². The van der Waals surface area contributed by atoms with Crippen LogP contribution < -0.4 is 5.32 Å². The second-order valence-electron chi connectivity index (χ2n) is 4.75. The summed E-state index contributed by atoms with van der Waals surface area (Å²) < 4.78 is 5.66. The van der Waals surface area contributed by atoms with Gasteiger partial charge < -0.3 is 10.1 Å². The quantitative estimate of drug-likeness (QED) is 0.897. The summed E-state index contributed by atoms with van der Waals surface area (Å²) >= 11 is 5.97. The van der Waals surface area contributed by atoms with Crippen LogP contribution in [-0.4, -0.2) is 23.1 Å². The van der Waals surface area contributed by atoms with Crippen molar-refractivity contribution in [2.45, 2.75) is 33.0 Å². The molecule has 4 atom stereocenters. The Hall–Kier alpha value is -1.13. The van der Waals surface area contributed by atoms with Crippen molar-refractivity contribution in [1.29, 1.82) is 0 Å². The predicted octanol–water partition coefficient (Wildman–Crippen LogP) is 2.73. The number of halogens is 1. The van der Waals surface area contributed by atoms with Gasteiger partial charge in [0.2, 0.25) is 5.91 Å². The molecule has 4 unspecified atom stereocenters. The minimum absolute atomic E-state index is 0.0834. The SMILES string of the molecule is CC1OC(C)C(C(=O)Nc2ncccc2Cl)C1C. The topological polar surface area (TPSA) is 51.2 Å². The lowest BCUT2D eigenvalue weighted by Gasteiger charge is -2.17. The van der Waals surface area contributed by atoms with Crippen molar-refractivity contribution in [2.75, 3.05) is 5.32 Å². The maximum absolute atomic E-state index is 12.2. The maximum Gasteiger partial charge on any atom is 0.231 e. The monoisotopic (exact) mass is 268 g/mol. The molecule has 1 aliphatic rings. The van der Waals surface area contributed by atoms with Crippen molar-refractivity contribution in [2.24, 2.45) is 11.8 Å². The van der Waals surface area contributed by atoms with Gasteiger partial charge in [0.15, 0.2) is 5.82 Å². The Labute approximate surface area is 112 Å². The van der Waals surface area contributed by atoms with Gasteiger partial charge in [0.25, 0.3) is 0 Å². The number of ether oxygens (including phenoxy) is 1. The zero-order chi connectivity index (χ0) is 13.3. The Morgan fingerprint density at radius 1 is 1.39 bits per heavy atom. The number of nitrogens with one attached hydrogen (secondary N) is 1. The van der Waals surface area contributed by atoms with E-state index in [1.54, 1.807) is 18.3 Å². The third-order valence-electron chi connectivity index (χ3n) is 3.54. The lowest BCUT2D eigenvalue weighted by atomic mass is 9.89. The molecule has 1 saturated heterocycles. The van der Waals surface area contributed by atoms with Crippen LogP contribution in [0, 0.1) is 11.8 Å². The molecule has 0 radical (unpaired) electrons. The van der Waals surface area contributed by atoms with Crippen LogP contribution in [-0.2, 0) is 9.53 Å². The van der Waals surface area contributed by atoms with Gasteiger partial charge in [-0.1, -0.05) is 18.5 Å². The summed E-state index contributed by atoms with van der Waals surface area (Å²) in [5.74, 6) is 0.337. The van der Waals surface area contributed by atoms with Crippen molar-refractivity contribution in [3.63, 3.8) is 0 Å². The van der Waals surface area contributed by atoms with Crippen molar-refractivity contribution in [1.82, 2.24) is 4.98 Å². The minimum atomic E-state index is -0.168. The van der Waals surface area contributed by atoms with Crippen LogP contribution in [0.15, 0.2) is 18.3 Å². The van der Waals surface area contributed by atoms with Crippen molar-refractivity contribution in [3.05, 3.63) is 23.4 Å². The normalized spacial score (nSPS) is 31.3. The molecule has 0 saturated carbocycles. The number of aromatic nitrogens is 1. The molecule has 4 nitrogen and oxygen atoms in total. The van der Waals surface area contributed by atoms with E-state index in [4.69, 9.17) is 16.3 Å². The largest absolute Gasteiger partial charge is 0.374 e. The highest BCUT2D eigenvalue weighted by atomic mass is 35.5. The summed E-state index contributed by atoms with van der Waals surface area (Å²) in [5.41, 5.74) is 0. The third-order valence-corrected chi connectivity index (χ3v) is 3.85. The van der Waals surface area contributed by atoms with E-state index in [0.29, 0.717) is 10.8 Å². The molecule has 1 N–H and O–H groups in total. The number of pyridine rings is 1. The molecule has 1 aromatic rings. The highest BCUT2D eigenvalue weighted by molar-refractivity contribution is 6.33. The van der Waals surface area contributed by atoms with Gasteiger partial charge >= 0.3 is 0 Å². The van der Waals surface area contributed by atoms with E-state index in [1.807, 2.05) is 20.8 Å². The number of nitrogens with zero attached hydrogens (tertiary/aromatic N) is 1. The highest BCUT2D eigenvalue weighted by Gasteiger charge is 2.41. The van der Waals surface area contributed by atoms with E-state index >= 15 is 0 Å². The highest BCUT2D eigenvalue weighted by Crippen LogP contribution is 2.33. The Balaban J connectivity index is 2.11. The van der Waals surface area contributed by atoms with Gasteiger partial charge in [-0.2, -0.15) is 0 Å². The first kappa shape index (κ1) is 13.3. The van der Waals surface area contributed by atoms with Gasteiger partial charge in [-0.3, -0.25) is 4.79 Å². The molecule has 2 rings (SSSR count). The molecule has 0 aromatic carbocycles. The molecule has 1 aromatic heterocycles. The molecular formula is C13H17ClN2O2. The standard InChI is InChI=1S/C13H17ClN2O2/c1-7-8(2)18-9(3)11(7)13(17)16-12-10(14)5-4-6-15-12/h4-9,11H,1-3H3,(H,15,16,17). The van der Waals surface area contributed by atoms with Crippen LogP contribution in [0.4, 0.5) is 5.82 Å². The molecule has 5 heteroatoms. The van der Waals surface area contributed by atoms with Crippen LogP contribution in [0.1, 0.15) is 20.8 Å². The summed E-state index contributed by atoms with van der Waals surface area (Å²) in [6.45, 7) is 5.94. The summed E-state index contributed by atoms with van der Waals surface area (Å²) in [4.78, 5) is 16.3. The van der Waals surface area contributed by atoms with Gasteiger partial charge in [-0.25, -0.2) is 4.98 Å². The van der Waals surface area contributed by atoms with Gasteiger partial charge in [0.05, 0.1) is 23.1 Å². The summed E-state index contributed by atoms with van der Waals surface area (Å²) in [6, 6.07) is 3.43. The number of hydrogen-bond donors (Lipinski definition) is 1. The molecular weight excluding hydrogens is 252 g/mol. The number of anilines is 1. The number of carbonyl (C=O) groups excluding carboxylic acids is 1. The van der Waals surface area contributed by atoms with Gasteiger partial charge in [0.1, 0.15) is 0 Å². The van der Waals surface area contributed by atoms with E-state index < -0.39 is 0 Å². The lowest BCUT2D eigenvalue weighted by molar-refractivity contribution is -0.122. The maximum atomic E-state index is 12.2. The molecule has 1 amide bonds. The molecule has 2 heterocycles. The number of carbonyl (C=O) groups is 1. The fourth-order valence-corrected chi connectivity index (χ4v) is 2.57. The van der Waals surface area contributed by atoms with Gasteiger partial charge in [0, 0.05) is 6.20 Å². The van der Waals surface area contributed by atoms with Crippen LogP contribution in [0.3, 0.4) is 0 Å². The van der Waals surface area contributed by atoms with Crippen LogP contribution in [0.25, 0.3) is 0 Å². The zero-order valence-corrected chi connectivity index (χ0v) is 11.4. The number of amides is 1. The summed E-state index contributed by atoms with van der Waals surface area (Å²) in [7, 11) is 0. The zero-order valence-electron chi connectivity index (χ0n) is 10.7. The first-order valence-corrected chi connectivity index (χ1v) is 6.45. The fraction of sp³-hybridized carbons (Fsp3) is 0.538. The van der Waals surface area contributed by atoms with Crippen molar-refractivity contribution >= 4 is 23.3 Å². The predicted molar refractivity (Wildman–Crippen MR) is 70.5 cm³/mol. The number of rotatable bonds is 2. The van der Waals surface area contributed by atoms with Gasteiger partial charge in [-0.15, -0.1) is 0 Å². The van der Waals surface area contributed by atoms with E-state index in [0.717, 1.165) is 0 Å². The molecule has 1 aliphatic heterocycles. The molecule has 18 heavy (non-hydrogen) atoms. The minimum Gasteiger partial charge on any atom is -0.374 e. The average Bonchev–Trinajstić information content (AvgIpc) is 2.56. The first-order valence-electron chi connectivity index (χ1n) is 6.07. The first-order chi connectivity index (χ1) is 8.50.